The van der Waals surface area contributed by atoms with Crippen molar-refractivity contribution in [1.29, 1.82) is 5.26 Å². The highest BCUT2D eigenvalue weighted by atomic mass is 16.5. The van der Waals surface area contributed by atoms with E-state index in [0.717, 1.165) is 5.69 Å². The Labute approximate surface area is 155 Å². The molecule has 134 valence electrons. The zero-order chi connectivity index (χ0) is 19.1. The SMILES string of the molecule is N#Cc1ccc(OCC(=O)NNC(=O)c2ccc(-n3cccn3)cc2)cc1. The number of carbonyl (C=O) groups excluding carboxylic acids is 2. The number of nitriles is 1. The van der Waals surface area contributed by atoms with Gasteiger partial charge in [-0.1, -0.05) is 0 Å². The van der Waals surface area contributed by atoms with E-state index in [0.29, 0.717) is 16.9 Å². The average molecular weight is 361 g/mol. The molecule has 0 fully saturated rings. The van der Waals surface area contributed by atoms with E-state index in [2.05, 4.69) is 16.0 Å². The Morgan fingerprint density at radius 3 is 2.44 bits per heavy atom. The average Bonchev–Trinajstić information content (AvgIpc) is 3.26. The number of ether oxygens (including phenoxy) is 1. The van der Waals surface area contributed by atoms with Gasteiger partial charge in [0.05, 0.1) is 17.3 Å². The Balaban J connectivity index is 1.46. The van der Waals surface area contributed by atoms with Crippen molar-refractivity contribution in [2.24, 2.45) is 0 Å². The monoisotopic (exact) mass is 361 g/mol. The number of benzene rings is 2. The third-order valence-electron chi connectivity index (χ3n) is 3.57. The Kier molecular flexibility index (Phi) is 5.45. The van der Waals surface area contributed by atoms with Crippen LogP contribution < -0.4 is 15.6 Å². The summed E-state index contributed by atoms with van der Waals surface area (Å²) < 4.78 is 6.95. The van der Waals surface area contributed by atoms with Gasteiger partial charge >= 0.3 is 0 Å². The number of aromatic nitrogens is 2. The van der Waals surface area contributed by atoms with Crippen molar-refractivity contribution in [2.75, 3.05) is 6.61 Å². The maximum Gasteiger partial charge on any atom is 0.276 e. The van der Waals surface area contributed by atoms with Crippen molar-refractivity contribution in [3.05, 3.63) is 78.1 Å². The maximum absolute atomic E-state index is 12.1. The number of rotatable bonds is 5. The fourth-order valence-corrected chi connectivity index (χ4v) is 2.20. The third-order valence-corrected chi connectivity index (χ3v) is 3.57. The van der Waals surface area contributed by atoms with E-state index in [1.165, 1.54) is 0 Å². The van der Waals surface area contributed by atoms with Crippen LogP contribution in [0.4, 0.5) is 0 Å². The lowest BCUT2D eigenvalue weighted by Gasteiger charge is -2.09. The van der Waals surface area contributed by atoms with Crippen molar-refractivity contribution in [2.45, 2.75) is 0 Å². The number of nitrogens with zero attached hydrogens (tertiary/aromatic N) is 3. The largest absolute Gasteiger partial charge is 0.484 e. The molecule has 0 spiro atoms. The summed E-state index contributed by atoms with van der Waals surface area (Å²) in [5.74, 6) is -0.515. The van der Waals surface area contributed by atoms with Crippen LogP contribution in [0.5, 0.6) is 5.75 Å². The summed E-state index contributed by atoms with van der Waals surface area (Å²) >= 11 is 0. The van der Waals surface area contributed by atoms with Gasteiger partial charge in [0.15, 0.2) is 6.61 Å². The Bertz CT molecular complexity index is 958. The first-order chi connectivity index (χ1) is 13.2. The minimum absolute atomic E-state index is 0.273. The van der Waals surface area contributed by atoms with Crippen LogP contribution >= 0.6 is 0 Å². The zero-order valence-electron chi connectivity index (χ0n) is 14.1. The number of carbonyl (C=O) groups is 2. The molecule has 0 aliphatic rings. The molecule has 0 atom stereocenters. The smallest absolute Gasteiger partial charge is 0.276 e. The van der Waals surface area contributed by atoms with Crippen LogP contribution in [0.2, 0.25) is 0 Å². The minimum Gasteiger partial charge on any atom is -0.484 e. The quantitative estimate of drug-likeness (QED) is 0.671. The summed E-state index contributed by atoms with van der Waals surface area (Å²) in [5, 5.41) is 12.8. The van der Waals surface area contributed by atoms with Crippen molar-refractivity contribution < 1.29 is 14.3 Å². The Morgan fingerprint density at radius 1 is 1.07 bits per heavy atom. The predicted octanol–water partition coefficient (Wildman–Crippen LogP) is 1.58. The van der Waals surface area contributed by atoms with Crippen LogP contribution in [0.3, 0.4) is 0 Å². The van der Waals surface area contributed by atoms with Crippen LogP contribution in [-0.4, -0.2) is 28.2 Å². The van der Waals surface area contributed by atoms with Crippen LogP contribution in [0.25, 0.3) is 5.69 Å². The lowest BCUT2D eigenvalue weighted by Crippen LogP contribution is -2.43. The summed E-state index contributed by atoms with van der Waals surface area (Å²) in [6.45, 7) is -0.273. The molecule has 0 saturated carbocycles. The van der Waals surface area contributed by atoms with E-state index in [4.69, 9.17) is 10.00 Å². The summed E-state index contributed by atoms with van der Waals surface area (Å²) in [6, 6.07) is 16.9. The van der Waals surface area contributed by atoms with Crippen molar-refractivity contribution >= 4 is 11.8 Å². The van der Waals surface area contributed by atoms with Crippen molar-refractivity contribution in [1.82, 2.24) is 20.6 Å². The fraction of sp³-hybridized carbons (Fsp3) is 0.0526. The molecule has 0 bridgehead atoms. The highest BCUT2D eigenvalue weighted by Crippen LogP contribution is 2.11. The second kappa shape index (κ2) is 8.31. The van der Waals surface area contributed by atoms with Crippen molar-refractivity contribution in [3.8, 4) is 17.5 Å². The second-order valence-corrected chi connectivity index (χ2v) is 5.42. The second-order valence-electron chi connectivity index (χ2n) is 5.42. The van der Waals surface area contributed by atoms with Gasteiger partial charge in [-0.25, -0.2) is 4.68 Å². The lowest BCUT2D eigenvalue weighted by atomic mass is 10.2. The number of hydrazine groups is 1. The van der Waals surface area contributed by atoms with E-state index in [9.17, 15) is 9.59 Å². The molecule has 3 rings (SSSR count). The van der Waals surface area contributed by atoms with Gasteiger partial charge < -0.3 is 4.74 Å². The summed E-state index contributed by atoms with van der Waals surface area (Å²) in [6.07, 6.45) is 3.46. The van der Waals surface area contributed by atoms with Gasteiger partial charge in [0.1, 0.15) is 5.75 Å². The fourth-order valence-electron chi connectivity index (χ4n) is 2.20. The molecule has 0 saturated heterocycles. The normalized spacial score (nSPS) is 9.89. The first-order valence-corrected chi connectivity index (χ1v) is 7.98. The van der Waals surface area contributed by atoms with Crippen LogP contribution in [0.1, 0.15) is 15.9 Å². The number of hydrogen-bond acceptors (Lipinski definition) is 5. The van der Waals surface area contributed by atoms with E-state index >= 15 is 0 Å². The van der Waals surface area contributed by atoms with Crippen molar-refractivity contribution in [3.63, 3.8) is 0 Å². The summed E-state index contributed by atoms with van der Waals surface area (Å²) in [4.78, 5) is 23.8. The van der Waals surface area contributed by atoms with E-state index in [1.54, 1.807) is 71.7 Å². The molecule has 8 nitrogen and oxygen atoms in total. The first-order valence-electron chi connectivity index (χ1n) is 7.98. The third kappa shape index (κ3) is 4.70. The summed E-state index contributed by atoms with van der Waals surface area (Å²) in [5.41, 5.74) is 6.31. The molecule has 0 radical (unpaired) electrons. The van der Waals surface area contributed by atoms with Crippen LogP contribution in [-0.2, 0) is 4.79 Å². The predicted molar refractivity (Wildman–Crippen MR) is 95.8 cm³/mol. The molecule has 0 aliphatic carbocycles. The molecular formula is C19H15N5O3. The number of amides is 2. The van der Waals surface area contributed by atoms with Gasteiger partial charge in [-0.2, -0.15) is 10.4 Å². The molecule has 0 unspecified atom stereocenters. The standard InChI is InChI=1S/C19H15N5O3/c20-12-14-2-8-17(9-3-14)27-13-18(25)22-23-19(26)15-4-6-16(7-5-15)24-11-1-10-21-24/h1-11H,13H2,(H,22,25)(H,23,26). The Morgan fingerprint density at radius 2 is 1.81 bits per heavy atom. The van der Waals surface area contributed by atoms with Gasteiger partial charge in [-0.15, -0.1) is 0 Å². The summed E-state index contributed by atoms with van der Waals surface area (Å²) in [7, 11) is 0. The van der Waals surface area contributed by atoms with Gasteiger partial charge in [-0.05, 0) is 54.6 Å². The topological polar surface area (TPSA) is 109 Å². The van der Waals surface area contributed by atoms with Gasteiger partial charge in [0.25, 0.3) is 11.8 Å². The number of hydrogen-bond donors (Lipinski definition) is 2. The van der Waals surface area contributed by atoms with Crippen LogP contribution in [0.15, 0.2) is 67.0 Å². The molecule has 1 heterocycles. The molecule has 2 amide bonds. The highest BCUT2D eigenvalue weighted by molar-refractivity contribution is 5.95. The van der Waals surface area contributed by atoms with Gasteiger partial charge in [0, 0.05) is 18.0 Å². The first kappa shape index (κ1) is 17.7. The van der Waals surface area contributed by atoms with Gasteiger partial charge in [-0.3, -0.25) is 20.4 Å². The van der Waals surface area contributed by atoms with E-state index in [-0.39, 0.29) is 6.61 Å². The molecule has 27 heavy (non-hydrogen) atoms. The molecule has 2 N–H and O–H groups in total. The lowest BCUT2D eigenvalue weighted by molar-refractivity contribution is -0.123. The molecule has 3 aromatic rings. The maximum atomic E-state index is 12.1. The van der Waals surface area contributed by atoms with Crippen LogP contribution in [0, 0.1) is 11.3 Å². The molecular weight excluding hydrogens is 346 g/mol. The van der Waals surface area contributed by atoms with E-state index in [1.807, 2.05) is 6.07 Å². The zero-order valence-corrected chi connectivity index (χ0v) is 14.1. The van der Waals surface area contributed by atoms with E-state index < -0.39 is 11.8 Å². The molecule has 2 aromatic carbocycles. The number of nitrogens with one attached hydrogen (secondary N) is 2. The minimum atomic E-state index is -0.513. The highest BCUT2D eigenvalue weighted by Gasteiger charge is 2.08. The molecule has 0 aliphatic heterocycles. The van der Waals surface area contributed by atoms with Gasteiger partial charge in [0.2, 0.25) is 0 Å². The molecule has 8 heteroatoms. The Hall–Kier alpha value is -4.12. The molecule has 1 aromatic heterocycles.